The van der Waals surface area contributed by atoms with Crippen molar-refractivity contribution in [2.75, 3.05) is 25.4 Å². The number of pyridine rings is 1. The minimum atomic E-state index is -3.84. The highest BCUT2D eigenvalue weighted by atomic mass is 32.2. The van der Waals surface area contributed by atoms with Gasteiger partial charge in [-0.2, -0.15) is 8.61 Å². The molecule has 156 valence electrons. The minimum absolute atomic E-state index is 0.00435. The predicted molar refractivity (Wildman–Crippen MR) is 107 cm³/mol. The maximum Gasteiger partial charge on any atom is 0.247 e. The number of benzene rings is 1. The number of para-hydroxylation sites is 1. The number of aromatic nitrogens is 1. The molecule has 8 nitrogen and oxygen atoms in total. The molecule has 1 saturated heterocycles. The van der Waals surface area contributed by atoms with Crippen LogP contribution in [0.5, 0.6) is 5.75 Å². The molecule has 0 amide bonds. The van der Waals surface area contributed by atoms with E-state index in [-0.39, 0.29) is 36.0 Å². The highest BCUT2D eigenvalue weighted by Gasteiger charge is 2.49. The van der Waals surface area contributed by atoms with Crippen LogP contribution < -0.4 is 4.74 Å². The van der Waals surface area contributed by atoms with E-state index in [1.807, 2.05) is 0 Å². The zero-order chi connectivity index (χ0) is 20.7. The summed E-state index contributed by atoms with van der Waals surface area (Å²) in [7, 11) is -7.23. The van der Waals surface area contributed by atoms with Crippen molar-refractivity contribution in [1.82, 2.24) is 13.6 Å². The van der Waals surface area contributed by atoms with Crippen molar-refractivity contribution in [3.63, 3.8) is 0 Å². The molecule has 2 aromatic rings. The van der Waals surface area contributed by atoms with E-state index in [4.69, 9.17) is 4.74 Å². The van der Waals surface area contributed by atoms with Gasteiger partial charge in [0.1, 0.15) is 16.2 Å². The third kappa shape index (κ3) is 3.77. The summed E-state index contributed by atoms with van der Waals surface area (Å²) < 4.78 is 60.5. The summed E-state index contributed by atoms with van der Waals surface area (Å²) in [4.78, 5) is 4.34. The second-order valence-corrected chi connectivity index (χ2v) is 11.5. The molecule has 1 aromatic heterocycles. The van der Waals surface area contributed by atoms with E-state index >= 15 is 0 Å². The van der Waals surface area contributed by atoms with Gasteiger partial charge in [0, 0.05) is 19.2 Å². The van der Waals surface area contributed by atoms with Gasteiger partial charge in [0.05, 0.1) is 31.1 Å². The highest BCUT2D eigenvalue weighted by molar-refractivity contribution is 7.89. The average molecular weight is 438 g/mol. The van der Waals surface area contributed by atoms with Crippen LogP contribution >= 0.6 is 0 Å². The van der Waals surface area contributed by atoms with Crippen molar-refractivity contribution < 1.29 is 21.6 Å². The van der Waals surface area contributed by atoms with Crippen LogP contribution in [0, 0.1) is 0 Å². The monoisotopic (exact) mass is 437 g/mol. The number of ether oxygens (including phenoxy) is 1. The molecule has 1 atom stereocenters. The number of rotatable bonds is 4. The van der Waals surface area contributed by atoms with Crippen LogP contribution in [0.1, 0.15) is 19.0 Å². The van der Waals surface area contributed by atoms with Crippen molar-refractivity contribution in [3.05, 3.63) is 54.4 Å². The molecule has 0 saturated carbocycles. The normalized spacial score (nSPS) is 24.7. The highest BCUT2D eigenvalue weighted by Crippen LogP contribution is 2.39. The van der Waals surface area contributed by atoms with Crippen LogP contribution in [0.25, 0.3) is 0 Å². The first-order valence-electron chi connectivity index (χ1n) is 9.42. The van der Waals surface area contributed by atoms with E-state index < -0.39 is 25.6 Å². The Morgan fingerprint density at radius 3 is 2.62 bits per heavy atom. The molecule has 0 bridgehead atoms. The Kier molecular flexibility index (Phi) is 5.14. The molecule has 0 radical (unpaired) electrons. The Balaban J connectivity index is 1.76. The van der Waals surface area contributed by atoms with Crippen LogP contribution in [-0.2, 0) is 26.6 Å². The van der Waals surface area contributed by atoms with Gasteiger partial charge < -0.3 is 4.74 Å². The van der Waals surface area contributed by atoms with E-state index in [0.717, 1.165) is 0 Å². The Hall–Kier alpha value is -2.01. The summed E-state index contributed by atoms with van der Waals surface area (Å²) in [6.45, 7) is 2.16. The number of hydrogen-bond donors (Lipinski definition) is 0. The quantitative estimate of drug-likeness (QED) is 0.718. The Morgan fingerprint density at radius 2 is 1.90 bits per heavy atom. The number of fused-ring (bicyclic) bond motifs is 1. The molecule has 1 aromatic carbocycles. The van der Waals surface area contributed by atoms with Gasteiger partial charge in [0.2, 0.25) is 20.0 Å². The Bertz CT molecular complexity index is 1110. The zero-order valence-electron chi connectivity index (χ0n) is 16.1. The zero-order valence-corrected chi connectivity index (χ0v) is 17.7. The van der Waals surface area contributed by atoms with Gasteiger partial charge in [0.25, 0.3) is 0 Å². The molecule has 2 aliphatic heterocycles. The summed E-state index contributed by atoms with van der Waals surface area (Å²) >= 11 is 0. The molecule has 1 fully saturated rings. The molecule has 4 rings (SSSR count). The minimum Gasteiger partial charge on any atom is -0.483 e. The molecular weight excluding hydrogens is 414 g/mol. The molecule has 3 heterocycles. The van der Waals surface area contributed by atoms with Crippen LogP contribution in [0.2, 0.25) is 0 Å². The first kappa shape index (κ1) is 20.3. The molecule has 0 N–H and O–H groups in total. The van der Waals surface area contributed by atoms with Crippen molar-refractivity contribution in [3.8, 4) is 5.75 Å². The van der Waals surface area contributed by atoms with E-state index in [1.54, 1.807) is 49.5 Å². The van der Waals surface area contributed by atoms with Crippen LogP contribution in [0.15, 0.2) is 53.6 Å². The van der Waals surface area contributed by atoms with Gasteiger partial charge in [-0.25, -0.2) is 16.8 Å². The van der Waals surface area contributed by atoms with Gasteiger partial charge in [-0.05, 0) is 31.2 Å². The average Bonchev–Trinajstić information content (AvgIpc) is 3.09. The van der Waals surface area contributed by atoms with Crippen molar-refractivity contribution in [2.24, 2.45) is 0 Å². The lowest BCUT2D eigenvalue weighted by Crippen LogP contribution is -2.49. The fourth-order valence-corrected chi connectivity index (χ4v) is 6.58. The lowest BCUT2D eigenvalue weighted by Gasteiger charge is -2.31. The van der Waals surface area contributed by atoms with Gasteiger partial charge >= 0.3 is 0 Å². The maximum absolute atomic E-state index is 13.4. The maximum atomic E-state index is 13.4. The molecule has 2 aliphatic rings. The number of hydrogen-bond acceptors (Lipinski definition) is 6. The van der Waals surface area contributed by atoms with Gasteiger partial charge in [-0.15, -0.1) is 0 Å². The van der Waals surface area contributed by atoms with E-state index in [0.29, 0.717) is 18.7 Å². The molecule has 29 heavy (non-hydrogen) atoms. The van der Waals surface area contributed by atoms with Crippen LogP contribution in [0.4, 0.5) is 0 Å². The smallest absolute Gasteiger partial charge is 0.247 e. The molecule has 0 aliphatic carbocycles. The molecular formula is C19H23N3O5S2. The topological polar surface area (TPSA) is 96.9 Å². The van der Waals surface area contributed by atoms with Crippen molar-refractivity contribution in [2.45, 2.75) is 30.4 Å². The largest absolute Gasteiger partial charge is 0.483 e. The summed E-state index contributed by atoms with van der Waals surface area (Å²) in [5, 5.41) is 0. The fourth-order valence-electron chi connectivity index (χ4n) is 3.81. The third-order valence-electron chi connectivity index (χ3n) is 5.36. The van der Waals surface area contributed by atoms with Gasteiger partial charge in [0.15, 0.2) is 0 Å². The second kappa shape index (κ2) is 7.35. The van der Waals surface area contributed by atoms with Gasteiger partial charge in [-0.3, -0.25) is 4.98 Å². The first-order chi connectivity index (χ1) is 13.8. The SMILES string of the molecule is CCS(=O)(=O)N1CCC2(C1)CN(Cc1ccccn1)S(=O)(=O)c1ccccc1O2. The number of nitrogens with zero attached hydrogens (tertiary/aromatic N) is 3. The molecule has 1 unspecified atom stereocenters. The summed E-state index contributed by atoms with van der Waals surface area (Å²) in [5.41, 5.74) is -0.335. The third-order valence-corrected chi connectivity index (χ3v) is 9.02. The first-order valence-corrected chi connectivity index (χ1v) is 12.5. The molecule has 1 spiro atoms. The molecule has 10 heteroatoms. The number of sulfonamides is 2. The lowest BCUT2D eigenvalue weighted by atomic mass is 10.0. The van der Waals surface area contributed by atoms with E-state index in [1.165, 1.54) is 14.7 Å². The van der Waals surface area contributed by atoms with Crippen LogP contribution in [0.3, 0.4) is 0 Å². The summed E-state index contributed by atoms with van der Waals surface area (Å²) in [5.74, 6) is 0.252. The van der Waals surface area contributed by atoms with Crippen LogP contribution in [-0.4, -0.2) is 61.4 Å². The van der Waals surface area contributed by atoms with E-state index in [2.05, 4.69) is 4.98 Å². The van der Waals surface area contributed by atoms with Crippen molar-refractivity contribution >= 4 is 20.0 Å². The van der Waals surface area contributed by atoms with Gasteiger partial charge in [-0.1, -0.05) is 18.2 Å². The summed E-state index contributed by atoms with van der Waals surface area (Å²) in [6, 6.07) is 11.8. The standard InChI is InChI=1S/C19H23N3O5S2/c1-2-28(23,24)21-12-10-19(14-21)15-22(13-16-7-5-6-11-20-16)29(25,26)18-9-4-3-8-17(18)27-19/h3-9,11H,2,10,12-15H2,1H3. The Morgan fingerprint density at radius 1 is 1.14 bits per heavy atom. The fraction of sp³-hybridized carbons (Fsp3) is 0.421. The second-order valence-electron chi connectivity index (χ2n) is 7.31. The Labute approximate surface area is 171 Å². The summed E-state index contributed by atoms with van der Waals surface area (Å²) in [6.07, 6.45) is 2.03. The van der Waals surface area contributed by atoms with Crippen molar-refractivity contribution in [1.29, 1.82) is 0 Å². The van der Waals surface area contributed by atoms with E-state index in [9.17, 15) is 16.8 Å². The lowest BCUT2D eigenvalue weighted by molar-refractivity contribution is 0.0642. The predicted octanol–water partition coefficient (Wildman–Crippen LogP) is 1.46.